The van der Waals surface area contributed by atoms with Crippen LogP contribution >= 0.6 is 23.2 Å². The Balaban J connectivity index is 1.92. The quantitative estimate of drug-likeness (QED) is 0.549. The van der Waals surface area contributed by atoms with Gasteiger partial charge in [0.05, 0.1) is 22.9 Å². The Morgan fingerprint density at radius 2 is 1.87 bits per heavy atom. The molecule has 2 aromatic carbocycles. The van der Waals surface area contributed by atoms with E-state index in [0.717, 1.165) is 22.9 Å². The number of rotatable bonds is 7. The van der Waals surface area contributed by atoms with Crippen molar-refractivity contribution in [2.75, 3.05) is 19.4 Å². The average molecular weight is 470 g/mol. The molecular formula is C22H25Cl2NO4S. The van der Waals surface area contributed by atoms with Gasteiger partial charge in [-0.15, -0.1) is 0 Å². The number of carbonyl (C=O) groups excluding carboxylic acids is 1. The third-order valence-corrected chi connectivity index (χ3v) is 7.03. The predicted octanol–water partition coefficient (Wildman–Crippen LogP) is 4.73. The third-order valence-electron chi connectivity index (χ3n) is 5.70. The zero-order valence-electron chi connectivity index (χ0n) is 17.0. The number of aryl methyl sites for hydroxylation is 1. The molecule has 0 spiro atoms. The van der Waals surface area contributed by atoms with Crippen LogP contribution in [0.5, 0.6) is 0 Å². The maximum Gasteiger partial charge on any atom is 0.264 e. The van der Waals surface area contributed by atoms with Gasteiger partial charge in [0.25, 0.3) is 10.1 Å². The van der Waals surface area contributed by atoms with Gasteiger partial charge in [0.1, 0.15) is 0 Å². The first-order valence-electron chi connectivity index (χ1n) is 9.72. The van der Waals surface area contributed by atoms with Crippen LogP contribution in [0.3, 0.4) is 0 Å². The van der Waals surface area contributed by atoms with E-state index in [0.29, 0.717) is 42.4 Å². The summed E-state index contributed by atoms with van der Waals surface area (Å²) in [6, 6.07) is 13.4. The maximum absolute atomic E-state index is 12.7. The molecule has 30 heavy (non-hydrogen) atoms. The maximum atomic E-state index is 12.7. The summed E-state index contributed by atoms with van der Waals surface area (Å²) in [5.41, 5.74) is 2.66. The minimum atomic E-state index is -3.55. The summed E-state index contributed by atoms with van der Waals surface area (Å²) in [7, 11) is -3.55. The number of likely N-dealkylation sites (tertiary alicyclic amines) is 1. The van der Waals surface area contributed by atoms with Gasteiger partial charge in [-0.25, -0.2) is 0 Å². The lowest BCUT2D eigenvalue weighted by atomic mass is 9.71. The number of halogens is 2. The molecule has 0 bridgehead atoms. The van der Waals surface area contributed by atoms with Gasteiger partial charge in [-0.05, 0) is 48.6 Å². The van der Waals surface area contributed by atoms with Crippen molar-refractivity contribution in [1.82, 2.24) is 4.90 Å². The summed E-state index contributed by atoms with van der Waals surface area (Å²) in [5.74, 6) is 0.0815. The first-order chi connectivity index (χ1) is 14.1. The molecule has 1 unspecified atom stereocenters. The Morgan fingerprint density at radius 3 is 2.53 bits per heavy atom. The van der Waals surface area contributed by atoms with Crippen molar-refractivity contribution in [3.63, 3.8) is 0 Å². The van der Waals surface area contributed by atoms with E-state index in [1.807, 2.05) is 48.2 Å². The van der Waals surface area contributed by atoms with Crippen molar-refractivity contribution >= 4 is 39.2 Å². The van der Waals surface area contributed by atoms with Crippen molar-refractivity contribution in [1.29, 1.82) is 0 Å². The average Bonchev–Trinajstić information content (AvgIpc) is 2.67. The lowest BCUT2D eigenvalue weighted by Gasteiger charge is -2.43. The summed E-state index contributed by atoms with van der Waals surface area (Å²) in [6.45, 7) is 3.01. The third kappa shape index (κ3) is 5.55. The number of carbonyl (C=O) groups is 1. The van der Waals surface area contributed by atoms with Crippen LogP contribution in [0.4, 0.5) is 0 Å². The highest BCUT2D eigenvalue weighted by atomic mass is 35.5. The van der Waals surface area contributed by atoms with Crippen LogP contribution in [0.15, 0.2) is 42.5 Å². The summed E-state index contributed by atoms with van der Waals surface area (Å²) in [4.78, 5) is 14.6. The van der Waals surface area contributed by atoms with E-state index in [4.69, 9.17) is 27.4 Å². The summed E-state index contributed by atoms with van der Waals surface area (Å²) in [6.07, 6.45) is 2.43. The van der Waals surface area contributed by atoms with E-state index in [1.165, 1.54) is 0 Å². The highest BCUT2D eigenvalue weighted by molar-refractivity contribution is 7.85. The summed E-state index contributed by atoms with van der Waals surface area (Å²) < 4.78 is 28.0. The minimum absolute atomic E-state index is 0.0332. The van der Waals surface area contributed by atoms with E-state index >= 15 is 0 Å². The van der Waals surface area contributed by atoms with Crippen LogP contribution in [0, 0.1) is 6.92 Å². The lowest BCUT2D eigenvalue weighted by Crippen LogP contribution is -2.49. The van der Waals surface area contributed by atoms with Crippen LogP contribution in [0.1, 0.15) is 36.0 Å². The molecule has 0 radical (unpaired) electrons. The molecule has 0 N–H and O–H groups in total. The van der Waals surface area contributed by atoms with Crippen molar-refractivity contribution in [2.24, 2.45) is 0 Å². The second kappa shape index (κ2) is 9.27. The van der Waals surface area contributed by atoms with Crippen molar-refractivity contribution in [3.05, 3.63) is 69.2 Å². The molecule has 5 nitrogen and oxygen atoms in total. The zero-order valence-corrected chi connectivity index (χ0v) is 19.4. The molecule has 0 aliphatic carbocycles. The van der Waals surface area contributed by atoms with E-state index in [1.54, 1.807) is 6.07 Å². The Morgan fingerprint density at radius 1 is 1.13 bits per heavy atom. The Kier molecular flexibility index (Phi) is 7.13. The molecule has 162 valence electrons. The molecule has 0 aromatic heterocycles. The first kappa shape index (κ1) is 23.1. The molecular weight excluding hydrogens is 445 g/mol. The highest BCUT2D eigenvalue weighted by Gasteiger charge is 2.40. The van der Waals surface area contributed by atoms with Gasteiger partial charge in [-0.1, -0.05) is 53.5 Å². The number of piperidine rings is 1. The van der Waals surface area contributed by atoms with E-state index in [-0.39, 0.29) is 12.5 Å². The van der Waals surface area contributed by atoms with Crippen LogP contribution in [0.25, 0.3) is 0 Å². The molecule has 1 fully saturated rings. The van der Waals surface area contributed by atoms with E-state index in [2.05, 4.69) is 0 Å². The largest absolute Gasteiger partial charge is 0.337 e. The first-order valence-corrected chi connectivity index (χ1v) is 12.3. The molecule has 8 heteroatoms. The second-order valence-electron chi connectivity index (χ2n) is 7.86. The number of benzene rings is 2. The topological polar surface area (TPSA) is 63.7 Å². The smallest absolute Gasteiger partial charge is 0.264 e. The molecule has 0 saturated carbocycles. The van der Waals surface area contributed by atoms with Crippen LogP contribution in [-0.4, -0.2) is 38.6 Å². The van der Waals surface area contributed by atoms with Gasteiger partial charge >= 0.3 is 0 Å². The fourth-order valence-electron chi connectivity index (χ4n) is 3.97. The van der Waals surface area contributed by atoms with Crippen molar-refractivity contribution < 1.29 is 17.4 Å². The molecule has 1 atom stereocenters. The minimum Gasteiger partial charge on any atom is -0.337 e. The molecule has 1 aliphatic rings. The molecule has 1 aliphatic heterocycles. The van der Waals surface area contributed by atoms with Gasteiger partial charge in [0, 0.05) is 24.9 Å². The van der Waals surface area contributed by atoms with Crippen LogP contribution in [0.2, 0.25) is 10.0 Å². The van der Waals surface area contributed by atoms with E-state index < -0.39 is 15.5 Å². The number of nitrogens with zero attached hydrogens (tertiary/aromatic N) is 1. The Hall–Kier alpha value is -1.60. The zero-order chi connectivity index (χ0) is 21.9. The van der Waals surface area contributed by atoms with Gasteiger partial charge in [-0.2, -0.15) is 8.42 Å². The van der Waals surface area contributed by atoms with Crippen molar-refractivity contribution in [3.8, 4) is 0 Å². The summed E-state index contributed by atoms with van der Waals surface area (Å²) in [5, 5.41) is 0.881. The molecule has 1 heterocycles. The fraction of sp³-hybridized carbons (Fsp3) is 0.409. The fourth-order valence-corrected chi connectivity index (χ4v) is 4.66. The van der Waals surface area contributed by atoms with Gasteiger partial charge < -0.3 is 4.90 Å². The second-order valence-corrected chi connectivity index (χ2v) is 10.3. The van der Waals surface area contributed by atoms with Gasteiger partial charge in [0.15, 0.2) is 0 Å². The van der Waals surface area contributed by atoms with E-state index in [9.17, 15) is 13.2 Å². The monoisotopic (exact) mass is 469 g/mol. The lowest BCUT2D eigenvalue weighted by molar-refractivity contribution is -0.136. The Bertz CT molecular complexity index is 1040. The molecule has 3 rings (SSSR count). The standard InChI is InChI=1S/C22H25Cl2NO4S/c1-16-5-3-4-6-17(16)14-25-15-22(10-9-21(25)26,11-12-29-30(2,27)28)18-7-8-19(23)20(24)13-18/h3-8,13H,9-12,14-15H2,1-2H3. The van der Waals surface area contributed by atoms with Crippen molar-refractivity contribution in [2.45, 2.75) is 38.1 Å². The van der Waals surface area contributed by atoms with Crippen LogP contribution in [-0.2, 0) is 31.1 Å². The van der Waals surface area contributed by atoms with Crippen LogP contribution < -0.4 is 0 Å². The number of hydrogen-bond acceptors (Lipinski definition) is 4. The molecule has 1 amide bonds. The normalized spacial score (nSPS) is 19.9. The molecule has 2 aromatic rings. The number of amides is 1. The number of hydrogen-bond donors (Lipinski definition) is 0. The highest BCUT2D eigenvalue weighted by Crippen LogP contribution is 2.40. The summed E-state index contributed by atoms with van der Waals surface area (Å²) >= 11 is 12.4. The van der Waals surface area contributed by atoms with Gasteiger partial charge in [-0.3, -0.25) is 8.98 Å². The Labute approximate surface area is 188 Å². The predicted molar refractivity (Wildman–Crippen MR) is 119 cm³/mol. The molecule has 1 saturated heterocycles. The van der Waals surface area contributed by atoms with Gasteiger partial charge in [0.2, 0.25) is 5.91 Å². The SMILES string of the molecule is Cc1ccccc1CN1CC(CCOS(C)(=O)=O)(c2ccc(Cl)c(Cl)c2)CCC1=O.